The molecule has 0 unspecified atom stereocenters. The lowest BCUT2D eigenvalue weighted by molar-refractivity contribution is -0.226. The highest BCUT2D eigenvalue weighted by atomic mass is 19.1. The van der Waals surface area contributed by atoms with Gasteiger partial charge in [0, 0.05) is 16.7 Å². The van der Waals surface area contributed by atoms with Gasteiger partial charge in [-0.15, -0.1) is 0 Å². The number of carbonyl (C=O) groups is 2. The first-order chi connectivity index (χ1) is 13.4. The number of carbonyl (C=O) groups excluding carboxylic acids is 2. The highest BCUT2D eigenvalue weighted by Crippen LogP contribution is 2.70. The van der Waals surface area contributed by atoms with Crippen LogP contribution >= 0.6 is 0 Å². The summed E-state index contributed by atoms with van der Waals surface area (Å²) in [6, 6.07) is 0. The molecule has 4 N–H and O–H groups in total. The second kappa shape index (κ2) is 6.06. The topological polar surface area (TPSA) is 115 Å². The summed E-state index contributed by atoms with van der Waals surface area (Å²) in [6.07, 6.45) is 1.56. The molecule has 0 radical (unpaired) electrons. The Hall–Kier alpha value is -1.41. The van der Waals surface area contributed by atoms with Gasteiger partial charge in [0.25, 0.3) is 0 Å². The Bertz CT molecular complexity index is 837. The van der Waals surface area contributed by atoms with Gasteiger partial charge >= 0.3 is 0 Å². The van der Waals surface area contributed by atoms with Crippen LogP contribution in [0.15, 0.2) is 23.8 Å². The maximum Gasteiger partial charge on any atom is 0.190 e. The van der Waals surface area contributed by atoms with Gasteiger partial charge in [-0.05, 0) is 55.7 Å². The zero-order valence-electron chi connectivity index (χ0n) is 16.9. The summed E-state index contributed by atoms with van der Waals surface area (Å²) in [5.74, 6) is -2.89. The molecule has 6 nitrogen and oxygen atoms in total. The molecule has 0 saturated heterocycles. The van der Waals surface area contributed by atoms with E-state index in [1.807, 2.05) is 0 Å². The molecule has 0 aromatic heterocycles. The van der Waals surface area contributed by atoms with E-state index in [1.165, 1.54) is 18.2 Å². The van der Waals surface area contributed by atoms with E-state index in [4.69, 9.17) is 0 Å². The van der Waals surface area contributed by atoms with Gasteiger partial charge in [0.2, 0.25) is 0 Å². The molecule has 9 atom stereocenters. The summed E-state index contributed by atoms with van der Waals surface area (Å²) in [7, 11) is 0. The van der Waals surface area contributed by atoms with Crippen molar-refractivity contribution in [2.75, 3.05) is 6.61 Å². The lowest BCUT2D eigenvalue weighted by Crippen LogP contribution is -2.70. The van der Waals surface area contributed by atoms with Gasteiger partial charge in [0.15, 0.2) is 17.2 Å². The molecule has 0 aromatic carbocycles. The largest absolute Gasteiger partial charge is 0.390 e. The number of hydrogen-bond acceptors (Lipinski definition) is 6. The van der Waals surface area contributed by atoms with Crippen LogP contribution in [0, 0.1) is 28.6 Å². The van der Waals surface area contributed by atoms with Gasteiger partial charge in [0.05, 0.1) is 12.2 Å². The number of alkyl halides is 1. The molecule has 0 spiro atoms. The molecular weight excluding hydrogens is 379 g/mol. The molecule has 0 amide bonds. The third kappa shape index (κ3) is 2.19. The van der Waals surface area contributed by atoms with Gasteiger partial charge in [-0.3, -0.25) is 9.59 Å². The van der Waals surface area contributed by atoms with E-state index in [0.717, 1.165) is 0 Å². The van der Waals surface area contributed by atoms with Gasteiger partial charge in [-0.25, -0.2) is 4.39 Å². The Labute approximate surface area is 169 Å². The van der Waals surface area contributed by atoms with Crippen molar-refractivity contribution in [3.63, 3.8) is 0 Å². The van der Waals surface area contributed by atoms with Crippen molar-refractivity contribution < 1.29 is 34.4 Å². The van der Waals surface area contributed by atoms with E-state index >= 15 is 4.39 Å². The first-order valence-corrected chi connectivity index (χ1v) is 10.2. The first-order valence-electron chi connectivity index (χ1n) is 10.2. The molecule has 4 aliphatic carbocycles. The molecule has 0 heterocycles. The SMILES string of the molecule is C[C@@H]1C[C@H]2[C@@H]3C[C@@H](O)C4=CC(=O)C=C[C@]4(C)[C@@]3(F)[C@@H](O)C[C@]2(C)[C@@]1(O)C(=O)CO. The number of hydrogen-bond donors (Lipinski definition) is 4. The minimum Gasteiger partial charge on any atom is -0.390 e. The van der Waals surface area contributed by atoms with Crippen LogP contribution in [0.1, 0.15) is 40.0 Å². The Morgan fingerprint density at radius 3 is 2.52 bits per heavy atom. The molecule has 0 aliphatic heterocycles. The number of aliphatic hydroxyl groups excluding tert-OH is 3. The molecular formula is C22H29FO6. The van der Waals surface area contributed by atoms with Crippen molar-refractivity contribution in [1.82, 2.24) is 0 Å². The van der Waals surface area contributed by atoms with Gasteiger partial charge in [0.1, 0.15) is 12.2 Å². The molecule has 0 bridgehead atoms. The second-order valence-corrected chi connectivity index (χ2v) is 9.89. The summed E-state index contributed by atoms with van der Waals surface area (Å²) >= 11 is 0. The van der Waals surface area contributed by atoms with Crippen molar-refractivity contribution in [1.29, 1.82) is 0 Å². The minimum atomic E-state index is -2.16. The predicted octanol–water partition coefficient (Wildman–Crippen LogP) is 0.866. The van der Waals surface area contributed by atoms with Crippen LogP contribution in [0.2, 0.25) is 0 Å². The van der Waals surface area contributed by atoms with Crippen LogP contribution in [-0.2, 0) is 9.59 Å². The van der Waals surface area contributed by atoms with E-state index < -0.39 is 64.5 Å². The van der Waals surface area contributed by atoms with Crippen LogP contribution < -0.4 is 0 Å². The van der Waals surface area contributed by atoms with Crippen molar-refractivity contribution in [3.05, 3.63) is 23.8 Å². The van der Waals surface area contributed by atoms with Crippen LogP contribution in [0.5, 0.6) is 0 Å². The van der Waals surface area contributed by atoms with Crippen molar-refractivity contribution in [3.8, 4) is 0 Å². The maximum absolute atomic E-state index is 16.9. The molecule has 4 rings (SSSR count). The summed E-state index contributed by atoms with van der Waals surface area (Å²) < 4.78 is 16.9. The number of rotatable bonds is 2. The van der Waals surface area contributed by atoms with Crippen molar-refractivity contribution >= 4 is 11.6 Å². The van der Waals surface area contributed by atoms with E-state index in [-0.39, 0.29) is 24.2 Å². The normalized spacial score (nSPS) is 53.7. The van der Waals surface area contributed by atoms with Crippen LogP contribution in [0.3, 0.4) is 0 Å². The lowest BCUT2D eigenvalue weighted by atomic mass is 9.44. The van der Waals surface area contributed by atoms with E-state index in [2.05, 4.69) is 0 Å². The Kier molecular flexibility index (Phi) is 4.36. The molecule has 160 valence electrons. The Morgan fingerprint density at radius 1 is 1.24 bits per heavy atom. The van der Waals surface area contributed by atoms with E-state index in [0.29, 0.717) is 6.42 Å². The number of aliphatic hydroxyl groups is 4. The Morgan fingerprint density at radius 2 is 1.90 bits per heavy atom. The number of ketones is 2. The zero-order chi connectivity index (χ0) is 21.6. The predicted molar refractivity (Wildman–Crippen MR) is 101 cm³/mol. The van der Waals surface area contributed by atoms with Gasteiger partial charge < -0.3 is 20.4 Å². The number of halogens is 1. The zero-order valence-corrected chi connectivity index (χ0v) is 16.9. The summed E-state index contributed by atoms with van der Waals surface area (Å²) in [5, 5.41) is 42.8. The monoisotopic (exact) mass is 408 g/mol. The summed E-state index contributed by atoms with van der Waals surface area (Å²) in [6.45, 7) is 4.14. The smallest absolute Gasteiger partial charge is 0.190 e. The van der Waals surface area contributed by atoms with Gasteiger partial charge in [-0.1, -0.05) is 19.9 Å². The van der Waals surface area contributed by atoms with E-state index in [1.54, 1.807) is 20.8 Å². The fourth-order valence-electron chi connectivity index (χ4n) is 7.30. The quantitative estimate of drug-likeness (QED) is 0.539. The van der Waals surface area contributed by atoms with Crippen molar-refractivity contribution in [2.45, 2.75) is 63.5 Å². The molecule has 0 aromatic rings. The average Bonchev–Trinajstić information content (AvgIpc) is 2.86. The third-order valence-corrected chi connectivity index (χ3v) is 8.82. The minimum absolute atomic E-state index is 0.00746. The fourth-order valence-corrected chi connectivity index (χ4v) is 7.30. The van der Waals surface area contributed by atoms with Crippen LogP contribution in [0.25, 0.3) is 0 Å². The third-order valence-electron chi connectivity index (χ3n) is 8.82. The van der Waals surface area contributed by atoms with Crippen LogP contribution in [-0.4, -0.2) is 62.1 Å². The average molecular weight is 408 g/mol. The number of Topliss-reactive ketones (excluding diaryl/α,β-unsaturated/α-hetero) is 1. The molecule has 7 heteroatoms. The maximum atomic E-state index is 16.9. The fraction of sp³-hybridized carbons (Fsp3) is 0.727. The molecule has 29 heavy (non-hydrogen) atoms. The number of fused-ring (bicyclic) bond motifs is 5. The molecule has 4 aliphatic rings. The lowest BCUT2D eigenvalue weighted by Gasteiger charge is -2.63. The molecule has 3 fully saturated rings. The van der Waals surface area contributed by atoms with Crippen LogP contribution in [0.4, 0.5) is 4.39 Å². The highest BCUT2D eigenvalue weighted by Gasteiger charge is 2.76. The molecule has 3 saturated carbocycles. The summed E-state index contributed by atoms with van der Waals surface area (Å²) in [5.41, 5.74) is -6.28. The first kappa shape index (κ1) is 20.8. The standard InChI is InChI=1S/C22H29FO6/c1-11-6-13-14-8-16(26)15-7-12(25)4-5-19(15,2)21(14,23)17(27)9-20(13,3)22(11,29)18(28)10-24/h4-5,7,11,13-14,16-17,24,26-27,29H,6,8-10H2,1-3H3/t11-,13+,14+,16-,17+,19+,20+,21+,22+/m1/s1. The summed E-state index contributed by atoms with van der Waals surface area (Å²) in [4.78, 5) is 24.4. The Balaban J connectivity index is 1.87. The van der Waals surface area contributed by atoms with Gasteiger partial charge in [-0.2, -0.15) is 0 Å². The second-order valence-electron chi connectivity index (χ2n) is 9.89. The highest BCUT2D eigenvalue weighted by molar-refractivity contribution is 6.01. The number of allylic oxidation sites excluding steroid dienone is 3. The van der Waals surface area contributed by atoms with E-state index in [9.17, 15) is 30.0 Å². The van der Waals surface area contributed by atoms with Crippen molar-refractivity contribution in [2.24, 2.45) is 28.6 Å².